The van der Waals surface area contributed by atoms with Gasteiger partial charge in [-0.25, -0.2) is 0 Å². The first-order valence-corrected chi connectivity index (χ1v) is 6.93. The van der Waals surface area contributed by atoms with Gasteiger partial charge in [0.1, 0.15) is 11.1 Å². The number of benzene rings is 2. The molecular formula is C16H11ClF4O2. The molecule has 0 radical (unpaired) electrons. The lowest BCUT2D eigenvalue weighted by Gasteiger charge is -2.17. The van der Waals surface area contributed by atoms with E-state index in [1.165, 1.54) is 12.1 Å². The van der Waals surface area contributed by atoms with Crippen LogP contribution in [0.2, 0.25) is 0 Å². The number of halogens is 5. The van der Waals surface area contributed by atoms with E-state index in [1.54, 1.807) is 30.3 Å². The van der Waals surface area contributed by atoms with E-state index in [0.29, 0.717) is 5.56 Å². The number of ether oxygens (including phenoxy) is 1. The fraction of sp³-hybridized carbons (Fsp3) is 0.188. The molecule has 2 aromatic carbocycles. The summed E-state index contributed by atoms with van der Waals surface area (Å²) in [6, 6.07) is 13.0. The number of ketones is 1. The van der Waals surface area contributed by atoms with Gasteiger partial charge in [-0.05, 0) is 29.8 Å². The maximum absolute atomic E-state index is 12.8. The van der Waals surface area contributed by atoms with Crippen LogP contribution in [-0.2, 0) is 0 Å². The van der Waals surface area contributed by atoms with Crippen LogP contribution in [0.4, 0.5) is 17.6 Å². The Hall–Kier alpha value is -2.08. The quantitative estimate of drug-likeness (QED) is 0.414. The number of alkyl halides is 5. The molecule has 0 aliphatic heterocycles. The molecule has 2 aromatic rings. The van der Waals surface area contributed by atoms with Crippen molar-refractivity contribution in [2.24, 2.45) is 0 Å². The average Bonchev–Trinajstić information content (AvgIpc) is 2.54. The van der Waals surface area contributed by atoms with Gasteiger partial charge in [-0.1, -0.05) is 30.3 Å². The van der Waals surface area contributed by atoms with Gasteiger partial charge in [-0.2, -0.15) is 17.6 Å². The summed E-state index contributed by atoms with van der Waals surface area (Å²) in [7, 11) is 0. The molecule has 0 aromatic heterocycles. The largest absolute Gasteiger partial charge is 0.461 e. The van der Waals surface area contributed by atoms with Crippen LogP contribution in [-0.4, -0.2) is 18.3 Å². The molecule has 2 nitrogen and oxygen atoms in total. The lowest BCUT2D eigenvalue weighted by molar-refractivity contribution is -0.253. The Kier molecular flexibility index (Phi) is 5.26. The molecule has 0 saturated carbocycles. The molecule has 0 spiro atoms. The third kappa shape index (κ3) is 4.22. The van der Waals surface area contributed by atoms with Gasteiger partial charge in [0.25, 0.3) is 0 Å². The summed E-state index contributed by atoms with van der Waals surface area (Å²) < 4.78 is 53.6. The normalized spacial score (nSPS) is 13.0. The Bertz CT molecular complexity index is 660. The van der Waals surface area contributed by atoms with Crippen LogP contribution in [0.15, 0.2) is 54.6 Å². The van der Waals surface area contributed by atoms with Gasteiger partial charge in [0, 0.05) is 5.56 Å². The van der Waals surface area contributed by atoms with Gasteiger partial charge in [-0.15, -0.1) is 11.6 Å². The first kappa shape index (κ1) is 17.3. The second kappa shape index (κ2) is 7.00. The van der Waals surface area contributed by atoms with Crippen molar-refractivity contribution in [2.45, 2.75) is 17.9 Å². The fourth-order valence-electron chi connectivity index (χ4n) is 1.81. The van der Waals surface area contributed by atoms with E-state index in [9.17, 15) is 22.4 Å². The van der Waals surface area contributed by atoms with Gasteiger partial charge in [0.05, 0.1) is 0 Å². The van der Waals surface area contributed by atoms with Crippen LogP contribution in [0.5, 0.6) is 5.75 Å². The molecule has 0 aliphatic rings. The van der Waals surface area contributed by atoms with Crippen LogP contribution in [0.1, 0.15) is 21.3 Å². The van der Waals surface area contributed by atoms with E-state index in [1.807, 2.05) is 0 Å². The van der Waals surface area contributed by atoms with Gasteiger partial charge in [0.15, 0.2) is 5.78 Å². The number of hydrogen-bond donors (Lipinski definition) is 0. The Labute approximate surface area is 134 Å². The highest BCUT2D eigenvalue weighted by atomic mass is 35.5. The predicted octanol–water partition coefficient (Wildman–Crippen LogP) is 5.09. The number of carbonyl (C=O) groups is 1. The highest BCUT2D eigenvalue weighted by molar-refractivity contribution is 6.33. The van der Waals surface area contributed by atoms with Crippen molar-refractivity contribution in [3.8, 4) is 5.75 Å². The van der Waals surface area contributed by atoms with E-state index < -0.39 is 29.4 Å². The minimum absolute atomic E-state index is 0.154. The molecule has 7 heteroatoms. The van der Waals surface area contributed by atoms with Crippen molar-refractivity contribution < 1.29 is 27.1 Å². The molecule has 0 amide bonds. The van der Waals surface area contributed by atoms with E-state index >= 15 is 0 Å². The average molecular weight is 347 g/mol. The Morgan fingerprint density at radius 1 is 1.00 bits per heavy atom. The first-order chi connectivity index (χ1) is 10.8. The maximum atomic E-state index is 12.8. The Morgan fingerprint density at radius 3 is 2.09 bits per heavy atom. The third-order valence-electron chi connectivity index (χ3n) is 2.97. The van der Waals surface area contributed by atoms with Gasteiger partial charge < -0.3 is 4.74 Å². The van der Waals surface area contributed by atoms with Crippen molar-refractivity contribution in [1.29, 1.82) is 0 Å². The van der Waals surface area contributed by atoms with E-state index in [-0.39, 0.29) is 5.56 Å². The van der Waals surface area contributed by atoms with Crippen LogP contribution in [0.25, 0.3) is 0 Å². The fourth-order valence-corrected chi connectivity index (χ4v) is 2.08. The zero-order valence-corrected chi connectivity index (χ0v) is 12.3. The summed E-state index contributed by atoms with van der Waals surface area (Å²) in [5.41, 5.74) is 0.741. The topological polar surface area (TPSA) is 26.3 Å². The summed E-state index contributed by atoms with van der Waals surface area (Å²) >= 11 is 6.08. The van der Waals surface area contributed by atoms with Crippen LogP contribution >= 0.6 is 11.6 Å². The van der Waals surface area contributed by atoms with Crippen molar-refractivity contribution >= 4 is 17.4 Å². The van der Waals surface area contributed by atoms with Gasteiger partial charge in [-0.3, -0.25) is 4.79 Å². The second-order valence-corrected chi connectivity index (χ2v) is 5.06. The minimum Gasteiger partial charge on any atom is -0.428 e. The van der Waals surface area contributed by atoms with E-state index in [0.717, 1.165) is 12.1 Å². The second-order valence-electron chi connectivity index (χ2n) is 4.63. The number of hydrogen-bond acceptors (Lipinski definition) is 2. The standard InChI is InChI=1S/C16H11ClF4O2/c17-13(10-4-2-1-3-5-10)14(22)11-6-8-12(9-7-11)23-16(20,21)15(18)19/h1-9,13,15H. The number of carbonyl (C=O) groups excluding carboxylic acids is 1. The molecule has 0 heterocycles. The predicted molar refractivity (Wildman–Crippen MR) is 77.4 cm³/mol. The van der Waals surface area contributed by atoms with Crippen molar-refractivity contribution in [3.05, 3.63) is 65.7 Å². The van der Waals surface area contributed by atoms with Crippen molar-refractivity contribution in [3.63, 3.8) is 0 Å². The highest BCUT2D eigenvalue weighted by Crippen LogP contribution is 2.29. The molecule has 0 saturated heterocycles. The Morgan fingerprint density at radius 2 is 1.57 bits per heavy atom. The highest BCUT2D eigenvalue weighted by Gasteiger charge is 2.43. The molecule has 0 N–H and O–H groups in total. The zero-order chi connectivity index (χ0) is 17.0. The molecule has 0 bridgehead atoms. The number of rotatable bonds is 6. The van der Waals surface area contributed by atoms with Crippen LogP contribution in [0, 0.1) is 0 Å². The monoisotopic (exact) mass is 346 g/mol. The summed E-state index contributed by atoms with van der Waals surface area (Å²) in [6.07, 6.45) is -8.54. The summed E-state index contributed by atoms with van der Waals surface area (Å²) in [5.74, 6) is -0.914. The molecular weight excluding hydrogens is 336 g/mol. The molecule has 23 heavy (non-hydrogen) atoms. The SMILES string of the molecule is O=C(c1ccc(OC(F)(F)C(F)F)cc1)C(Cl)c1ccccc1. The zero-order valence-electron chi connectivity index (χ0n) is 11.6. The molecule has 1 unspecified atom stereocenters. The van der Waals surface area contributed by atoms with Crippen LogP contribution < -0.4 is 4.74 Å². The van der Waals surface area contributed by atoms with Gasteiger partial charge >= 0.3 is 12.5 Å². The molecule has 122 valence electrons. The summed E-state index contributed by atoms with van der Waals surface area (Å²) in [6.45, 7) is 0. The lowest BCUT2D eigenvalue weighted by Crippen LogP contribution is -2.33. The van der Waals surface area contributed by atoms with Gasteiger partial charge in [0.2, 0.25) is 0 Å². The van der Waals surface area contributed by atoms with Crippen molar-refractivity contribution in [1.82, 2.24) is 0 Å². The summed E-state index contributed by atoms with van der Waals surface area (Å²) in [5, 5.41) is -0.939. The van der Waals surface area contributed by atoms with Crippen molar-refractivity contribution in [2.75, 3.05) is 0 Å². The van der Waals surface area contributed by atoms with E-state index in [4.69, 9.17) is 11.6 Å². The summed E-state index contributed by atoms with van der Waals surface area (Å²) in [4.78, 5) is 12.2. The Balaban J connectivity index is 2.12. The first-order valence-electron chi connectivity index (χ1n) is 6.49. The van der Waals surface area contributed by atoms with E-state index in [2.05, 4.69) is 4.74 Å². The molecule has 1 atom stereocenters. The lowest BCUT2D eigenvalue weighted by atomic mass is 10.0. The molecule has 2 rings (SSSR count). The smallest absolute Gasteiger partial charge is 0.428 e. The number of Topliss-reactive ketones (excluding diaryl/α,β-unsaturated/α-hetero) is 1. The molecule has 0 fully saturated rings. The van der Waals surface area contributed by atoms with Crippen LogP contribution in [0.3, 0.4) is 0 Å². The maximum Gasteiger partial charge on any atom is 0.461 e. The minimum atomic E-state index is -4.59. The third-order valence-corrected chi connectivity index (χ3v) is 3.42. The molecule has 0 aliphatic carbocycles.